The molecule has 41 valence electrons. The van der Waals surface area contributed by atoms with Crippen LogP contribution in [0.2, 0.25) is 0 Å². The van der Waals surface area contributed by atoms with Crippen molar-refractivity contribution in [2.24, 2.45) is 0 Å². The summed E-state index contributed by atoms with van der Waals surface area (Å²) in [7, 11) is 0. The summed E-state index contributed by atoms with van der Waals surface area (Å²) >= 11 is 0. The Morgan fingerprint density at radius 1 is 1.88 bits per heavy atom. The van der Waals surface area contributed by atoms with Crippen LogP contribution in [-0.4, -0.2) is 19.9 Å². The standard InChI is InChI=1S/C2HN4O2/c7-6(8)5-2-3-1-4-5/h2H. The third-order valence-corrected chi connectivity index (χ3v) is 0.533. The van der Waals surface area contributed by atoms with Gasteiger partial charge in [0.05, 0.1) is 10.1 Å². The van der Waals surface area contributed by atoms with Crippen LogP contribution in [0.5, 0.6) is 0 Å². The van der Waals surface area contributed by atoms with E-state index in [4.69, 9.17) is 0 Å². The highest BCUT2D eigenvalue weighted by Gasteiger charge is 1.97. The monoisotopic (exact) mass is 113 g/mol. The average molecular weight is 113 g/mol. The van der Waals surface area contributed by atoms with Crippen molar-refractivity contribution in [2.45, 2.75) is 0 Å². The predicted octanol–water partition coefficient (Wildman–Crippen LogP) is -0.882. The zero-order chi connectivity index (χ0) is 5.98. The fourth-order valence-electron chi connectivity index (χ4n) is 0.254. The molecule has 1 rings (SSSR count). The summed E-state index contributed by atoms with van der Waals surface area (Å²) in [5.74, 6) is 0. The van der Waals surface area contributed by atoms with Crippen LogP contribution in [0.15, 0.2) is 6.33 Å². The second kappa shape index (κ2) is 1.57. The zero-order valence-corrected chi connectivity index (χ0v) is 3.68. The van der Waals surface area contributed by atoms with E-state index in [1.165, 1.54) is 0 Å². The molecule has 0 amide bonds. The first-order valence-corrected chi connectivity index (χ1v) is 1.73. The number of aromatic nitrogens is 3. The number of nitro groups is 1. The van der Waals surface area contributed by atoms with E-state index in [2.05, 4.69) is 10.1 Å². The van der Waals surface area contributed by atoms with Crippen molar-refractivity contribution in [1.82, 2.24) is 14.9 Å². The molecule has 8 heavy (non-hydrogen) atoms. The molecule has 1 radical (unpaired) electrons. The van der Waals surface area contributed by atoms with Gasteiger partial charge in [-0.3, -0.25) is 0 Å². The van der Waals surface area contributed by atoms with Gasteiger partial charge in [-0.1, -0.05) is 0 Å². The summed E-state index contributed by atoms with van der Waals surface area (Å²) in [6.07, 6.45) is 2.99. The van der Waals surface area contributed by atoms with E-state index in [0.29, 0.717) is 4.79 Å². The molecule has 1 aromatic heterocycles. The zero-order valence-electron chi connectivity index (χ0n) is 3.68. The van der Waals surface area contributed by atoms with E-state index >= 15 is 0 Å². The molecule has 6 heteroatoms. The van der Waals surface area contributed by atoms with Crippen LogP contribution in [0.1, 0.15) is 0 Å². The van der Waals surface area contributed by atoms with Gasteiger partial charge in [-0.15, -0.1) is 0 Å². The van der Waals surface area contributed by atoms with Gasteiger partial charge in [-0.2, -0.15) is 4.98 Å². The molecule has 0 bridgehead atoms. The molecule has 1 aromatic rings. The summed E-state index contributed by atoms with van der Waals surface area (Å²) in [4.78, 5) is 13.4. The van der Waals surface area contributed by atoms with Gasteiger partial charge in [0.1, 0.15) is 0 Å². The molecular formula is C2HN4O2. The maximum Gasteiger partial charge on any atom is 0.368 e. The molecule has 0 unspecified atom stereocenters. The molecule has 0 saturated heterocycles. The lowest BCUT2D eigenvalue weighted by Gasteiger charge is -1.84. The first-order valence-electron chi connectivity index (χ1n) is 1.73. The normalized spacial score (nSPS) is 9.00. The SMILES string of the molecule is O=[N+]([O-])n1cn[c]n1. The number of nitrogens with zero attached hydrogens (tertiary/aromatic N) is 4. The first kappa shape index (κ1) is 4.69. The first-order chi connectivity index (χ1) is 3.80. The Bertz CT molecular complexity index is 180. The van der Waals surface area contributed by atoms with Gasteiger partial charge in [0.15, 0.2) is 6.33 Å². The van der Waals surface area contributed by atoms with Gasteiger partial charge < -0.3 is 10.1 Å². The Morgan fingerprint density at radius 2 is 2.62 bits per heavy atom. The smallest absolute Gasteiger partial charge is 0.339 e. The third kappa shape index (κ3) is 0.625. The minimum absolute atomic E-state index is 0.472. The molecule has 0 aliphatic carbocycles. The Kier molecular flexibility index (Phi) is 0.918. The maximum absolute atomic E-state index is 9.71. The lowest BCUT2D eigenvalue weighted by atomic mass is 11.3. The highest BCUT2D eigenvalue weighted by molar-refractivity contribution is 4.44. The van der Waals surface area contributed by atoms with E-state index in [1.807, 2.05) is 6.33 Å². The Labute approximate surface area is 43.9 Å². The topological polar surface area (TPSA) is 73.8 Å². The van der Waals surface area contributed by atoms with Crippen LogP contribution in [0.4, 0.5) is 0 Å². The predicted molar refractivity (Wildman–Crippen MR) is 21.3 cm³/mol. The van der Waals surface area contributed by atoms with Gasteiger partial charge in [0.25, 0.3) is 0 Å². The van der Waals surface area contributed by atoms with Crippen molar-refractivity contribution in [3.05, 3.63) is 22.8 Å². The van der Waals surface area contributed by atoms with Gasteiger partial charge in [0, 0.05) is 4.79 Å². The van der Waals surface area contributed by atoms with Gasteiger partial charge in [-0.05, 0) is 0 Å². The van der Waals surface area contributed by atoms with Crippen LogP contribution in [0.25, 0.3) is 0 Å². The summed E-state index contributed by atoms with van der Waals surface area (Å²) < 4.78 is 0. The third-order valence-electron chi connectivity index (χ3n) is 0.533. The highest BCUT2D eigenvalue weighted by Crippen LogP contribution is 1.72. The largest absolute Gasteiger partial charge is 0.368 e. The molecule has 0 saturated carbocycles. The number of hydrogen-bond acceptors (Lipinski definition) is 4. The van der Waals surface area contributed by atoms with Crippen molar-refractivity contribution in [3.8, 4) is 0 Å². The molecule has 6 nitrogen and oxygen atoms in total. The van der Waals surface area contributed by atoms with E-state index in [1.54, 1.807) is 0 Å². The molecular weight excluding hydrogens is 112 g/mol. The molecule has 0 aliphatic heterocycles. The maximum atomic E-state index is 9.71. The highest BCUT2D eigenvalue weighted by atomic mass is 16.7. The quantitative estimate of drug-likeness (QED) is 0.350. The Balaban J connectivity index is 2.93. The van der Waals surface area contributed by atoms with Crippen LogP contribution >= 0.6 is 0 Å². The van der Waals surface area contributed by atoms with Gasteiger partial charge in [0.2, 0.25) is 0 Å². The minimum Gasteiger partial charge on any atom is -0.339 e. The van der Waals surface area contributed by atoms with Crippen molar-refractivity contribution in [3.63, 3.8) is 0 Å². The van der Waals surface area contributed by atoms with Gasteiger partial charge in [-0.25, -0.2) is 0 Å². The van der Waals surface area contributed by atoms with E-state index in [-0.39, 0.29) is 0 Å². The average Bonchev–Trinajstić information content (AvgIpc) is 2.12. The lowest BCUT2D eigenvalue weighted by molar-refractivity contribution is -0.553. The fourth-order valence-corrected chi connectivity index (χ4v) is 0.254. The number of hydrogen-bond donors (Lipinski definition) is 0. The van der Waals surface area contributed by atoms with Crippen LogP contribution in [0, 0.1) is 16.4 Å². The van der Waals surface area contributed by atoms with Crippen LogP contribution in [-0.2, 0) is 0 Å². The fraction of sp³-hybridized carbons (Fsp3) is 0. The van der Waals surface area contributed by atoms with Crippen molar-refractivity contribution in [1.29, 1.82) is 0 Å². The molecule has 0 aromatic carbocycles. The van der Waals surface area contributed by atoms with E-state index < -0.39 is 5.03 Å². The molecule has 0 N–H and O–H groups in total. The van der Waals surface area contributed by atoms with Crippen molar-refractivity contribution >= 4 is 0 Å². The lowest BCUT2D eigenvalue weighted by Crippen LogP contribution is -2.07. The Hall–Kier alpha value is -1.46. The summed E-state index contributed by atoms with van der Waals surface area (Å²) in [5, 5.41) is 12.1. The molecule has 0 fully saturated rings. The molecule has 0 aliphatic rings. The second-order valence-electron chi connectivity index (χ2n) is 1.00. The number of rotatable bonds is 1. The van der Waals surface area contributed by atoms with Crippen LogP contribution < -0.4 is 0 Å². The van der Waals surface area contributed by atoms with E-state index in [0.717, 1.165) is 6.33 Å². The summed E-state index contributed by atoms with van der Waals surface area (Å²) in [6, 6.07) is 0. The van der Waals surface area contributed by atoms with Gasteiger partial charge >= 0.3 is 6.33 Å². The van der Waals surface area contributed by atoms with Crippen molar-refractivity contribution < 1.29 is 5.03 Å². The second-order valence-corrected chi connectivity index (χ2v) is 1.00. The van der Waals surface area contributed by atoms with E-state index in [9.17, 15) is 10.1 Å². The van der Waals surface area contributed by atoms with Crippen LogP contribution in [0.3, 0.4) is 0 Å². The Morgan fingerprint density at radius 3 is 2.88 bits per heavy atom. The summed E-state index contributed by atoms with van der Waals surface area (Å²) in [6.45, 7) is 0. The summed E-state index contributed by atoms with van der Waals surface area (Å²) in [5.41, 5.74) is 0. The van der Waals surface area contributed by atoms with Crippen molar-refractivity contribution in [2.75, 3.05) is 0 Å². The molecule has 0 atom stereocenters. The molecule has 1 heterocycles. The minimum atomic E-state index is -0.705. The molecule has 0 spiro atoms.